The minimum atomic E-state index is 0.332. The fourth-order valence-corrected chi connectivity index (χ4v) is 3.50. The molecular formula is C20H27N3. The Morgan fingerprint density at radius 2 is 1.87 bits per heavy atom. The number of rotatable bonds is 3. The topological polar surface area (TPSA) is 41.3 Å². The lowest BCUT2D eigenvalue weighted by molar-refractivity contribution is 0.711. The number of allylic oxidation sites excluding steroid dienone is 3. The lowest BCUT2D eigenvalue weighted by atomic mass is 9.98. The zero-order chi connectivity index (χ0) is 16.6. The van der Waals surface area contributed by atoms with E-state index in [1.807, 2.05) is 0 Å². The van der Waals surface area contributed by atoms with Crippen molar-refractivity contribution in [1.82, 2.24) is 5.32 Å². The summed E-state index contributed by atoms with van der Waals surface area (Å²) >= 11 is 0. The standard InChI is InChI=1S/C20H27N3/c1-13(2)22-20-16-10-6-8-12-18(16)23(14(3)4)17-11-7-5-9-15(17)19(20)21/h5-6,8-10,12-14,22H,7,11,21H2,1-4H3. The number of anilines is 1. The van der Waals surface area contributed by atoms with Crippen LogP contribution in [0.15, 0.2) is 53.4 Å². The highest BCUT2D eigenvalue weighted by molar-refractivity contribution is 5.84. The minimum absolute atomic E-state index is 0.332. The van der Waals surface area contributed by atoms with E-state index in [0.29, 0.717) is 12.1 Å². The molecule has 0 fully saturated rings. The minimum Gasteiger partial charge on any atom is -0.396 e. The summed E-state index contributed by atoms with van der Waals surface area (Å²) < 4.78 is 0. The highest BCUT2D eigenvalue weighted by atomic mass is 15.2. The monoisotopic (exact) mass is 309 g/mol. The molecule has 0 bridgehead atoms. The predicted octanol–water partition coefficient (Wildman–Crippen LogP) is 4.14. The Kier molecular flexibility index (Phi) is 4.20. The Hall–Kier alpha value is -2.16. The van der Waals surface area contributed by atoms with Crippen molar-refractivity contribution in [3.05, 3.63) is 58.9 Å². The third-order valence-corrected chi connectivity index (χ3v) is 4.38. The average Bonchev–Trinajstić information content (AvgIpc) is 2.62. The van der Waals surface area contributed by atoms with Crippen molar-refractivity contribution in [2.24, 2.45) is 5.73 Å². The third-order valence-electron chi connectivity index (χ3n) is 4.38. The number of hydrogen-bond donors (Lipinski definition) is 2. The molecule has 122 valence electrons. The summed E-state index contributed by atoms with van der Waals surface area (Å²) in [5, 5.41) is 3.58. The van der Waals surface area contributed by atoms with Gasteiger partial charge in [-0.05, 0) is 46.6 Å². The number of nitrogens with one attached hydrogen (secondary N) is 1. The first-order chi connectivity index (χ1) is 11.0. The van der Waals surface area contributed by atoms with Crippen LogP contribution in [0.5, 0.6) is 0 Å². The average molecular weight is 309 g/mol. The molecule has 1 aliphatic heterocycles. The van der Waals surface area contributed by atoms with E-state index in [1.165, 1.54) is 22.5 Å². The van der Waals surface area contributed by atoms with Crippen LogP contribution in [0.2, 0.25) is 0 Å². The first kappa shape index (κ1) is 15.7. The molecule has 0 radical (unpaired) electrons. The molecule has 1 aromatic carbocycles. The van der Waals surface area contributed by atoms with Gasteiger partial charge >= 0.3 is 0 Å². The van der Waals surface area contributed by atoms with Crippen LogP contribution in [0.3, 0.4) is 0 Å². The second-order valence-corrected chi connectivity index (χ2v) is 6.87. The van der Waals surface area contributed by atoms with Crippen LogP contribution >= 0.6 is 0 Å². The second-order valence-electron chi connectivity index (χ2n) is 6.87. The zero-order valence-electron chi connectivity index (χ0n) is 14.6. The smallest absolute Gasteiger partial charge is 0.0677 e. The van der Waals surface area contributed by atoms with E-state index in [1.54, 1.807) is 0 Å². The largest absolute Gasteiger partial charge is 0.396 e. The molecule has 23 heavy (non-hydrogen) atoms. The Balaban J connectivity index is 2.29. The second kappa shape index (κ2) is 6.15. The summed E-state index contributed by atoms with van der Waals surface area (Å²) in [5.74, 6) is 0. The van der Waals surface area contributed by atoms with E-state index in [0.717, 1.165) is 24.2 Å². The van der Waals surface area contributed by atoms with E-state index in [4.69, 9.17) is 5.73 Å². The van der Waals surface area contributed by atoms with E-state index in [2.05, 4.69) is 74.3 Å². The normalized spacial score (nSPS) is 17.6. The molecule has 1 aliphatic carbocycles. The maximum Gasteiger partial charge on any atom is 0.0677 e. The maximum atomic E-state index is 6.64. The summed E-state index contributed by atoms with van der Waals surface area (Å²) in [6.45, 7) is 8.80. The molecule has 3 rings (SSSR count). The molecule has 3 N–H and O–H groups in total. The van der Waals surface area contributed by atoms with Crippen molar-refractivity contribution in [3.63, 3.8) is 0 Å². The quantitative estimate of drug-likeness (QED) is 0.881. The van der Waals surface area contributed by atoms with Crippen molar-refractivity contribution < 1.29 is 0 Å². The highest BCUT2D eigenvalue weighted by Gasteiger charge is 2.29. The number of benzene rings is 1. The van der Waals surface area contributed by atoms with Gasteiger partial charge in [0.05, 0.1) is 17.1 Å². The molecule has 1 heterocycles. The van der Waals surface area contributed by atoms with Gasteiger partial charge in [-0.25, -0.2) is 0 Å². The summed E-state index contributed by atoms with van der Waals surface area (Å²) in [4.78, 5) is 2.45. The number of para-hydroxylation sites is 1. The zero-order valence-corrected chi connectivity index (χ0v) is 14.6. The summed E-state index contributed by atoms with van der Waals surface area (Å²) in [6, 6.07) is 9.30. The van der Waals surface area contributed by atoms with E-state index in [9.17, 15) is 0 Å². The molecule has 0 saturated heterocycles. The predicted molar refractivity (Wildman–Crippen MR) is 98.8 cm³/mol. The van der Waals surface area contributed by atoms with Gasteiger partial charge in [0.25, 0.3) is 0 Å². The SMILES string of the molecule is CC(C)NC1=C(N)C2=C(CCC=C2)N(C(C)C)c2ccccc21. The molecular weight excluding hydrogens is 282 g/mol. The van der Waals surface area contributed by atoms with Gasteiger partial charge in [-0.3, -0.25) is 0 Å². The molecule has 0 saturated carbocycles. The van der Waals surface area contributed by atoms with E-state index < -0.39 is 0 Å². The fourth-order valence-electron chi connectivity index (χ4n) is 3.50. The fraction of sp³-hybridized carbons (Fsp3) is 0.400. The summed E-state index contributed by atoms with van der Waals surface area (Å²) in [7, 11) is 0. The lowest BCUT2D eigenvalue weighted by Gasteiger charge is -2.34. The third kappa shape index (κ3) is 2.76. The van der Waals surface area contributed by atoms with Gasteiger partial charge < -0.3 is 16.0 Å². The van der Waals surface area contributed by atoms with E-state index in [-0.39, 0.29) is 0 Å². The molecule has 3 heteroatoms. The van der Waals surface area contributed by atoms with Gasteiger partial charge in [-0.15, -0.1) is 0 Å². The summed E-state index contributed by atoms with van der Waals surface area (Å²) in [5.41, 5.74) is 13.5. The molecule has 0 aromatic heterocycles. The number of fused-ring (bicyclic) bond motifs is 1. The molecule has 0 amide bonds. The van der Waals surface area contributed by atoms with Crippen LogP contribution in [0.1, 0.15) is 46.1 Å². The van der Waals surface area contributed by atoms with Crippen molar-refractivity contribution in [1.29, 1.82) is 0 Å². The Morgan fingerprint density at radius 1 is 1.13 bits per heavy atom. The molecule has 0 unspecified atom stereocenters. The van der Waals surface area contributed by atoms with Crippen LogP contribution in [-0.2, 0) is 0 Å². The van der Waals surface area contributed by atoms with Crippen LogP contribution in [-0.4, -0.2) is 12.1 Å². The molecule has 2 aliphatic rings. The highest BCUT2D eigenvalue weighted by Crippen LogP contribution is 2.40. The van der Waals surface area contributed by atoms with Gasteiger partial charge in [0, 0.05) is 28.9 Å². The van der Waals surface area contributed by atoms with Gasteiger partial charge in [-0.2, -0.15) is 0 Å². The van der Waals surface area contributed by atoms with Crippen LogP contribution < -0.4 is 16.0 Å². The van der Waals surface area contributed by atoms with Crippen molar-refractivity contribution in [3.8, 4) is 0 Å². The number of nitrogens with zero attached hydrogens (tertiary/aromatic N) is 1. The lowest BCUT2D eigenvalue weighted by Crippen LogP contribution is -2.32. The van der Waals surface area contributed by atoms with Crippen molar-refractivity contribution >= 4 is 11.4 Å². The van der Waals surface area contributed by atoms with Crippen LogP contribution in [0.4, 0.5) is 5.69 Å². The first-order valence-corrected chi connectivity index (χ1v) is 8.55. The van der Waals surface area contributed by atoms with Crippen LogP contribution in [0.25, 0.3) is 5.70 Å². The van der Waals surface area contributed by atoms with Gasteiger partial charge in [-0.1, -0.05) is 30.4 Å². The Morgan fingerprint density at radius 3 is 2.57 bits per heavy atom. The van der Waals surface area contributed by atoms with Crippen molar-refractivity contribution in [2.45, 2.75) is 52.6 Å². The van der Waals surface area contributed by atoms with Gasteiger partial charge in [0.2, 0.25) is 0 Å². The Bertz CT molecular complexity index is 693. The van der Waals surface area contributed by atoms with E-state index >= 15 is 0 Å². The first-order valence-electron chi connectivity index (χ1n) is 8.55. The Labute approximate surface area is 139 Å². The van der Waals surface area contributed by atoms with Gasteiger partial charge in [0.1, 0.15) is 0 Å². The molecule has 1 aromatic rings. The number of hydrogen-bond acceptors (Lipinski definition) is 3. The molecule has 0 atom stereocenters. The maximum absolute atomic E-state index is 6.64. The van der Waals surface area contributed by atoms with Crippen LogP contribution in [0, 0.1) is 0 Å². The summed E-state index contributed by atoms with van der Waals surface area (Å²) in [6.07, 6.45) is 6.53. The van der Waals surface area contributed by atoms with Crippen molar-refractivity contribution in [2.75, 3.05) is 4.90 Å². The molecule has 0 spiro atoms. The van der Waals surface area contributed by atoms with Gasteiger partial charge in [0.15, 0.2) is 0 Å². The number of nitrogens with two attached hydrogens (primary N) is 1. The molecule has 3 nitrogen and oxygen atoms in total.